The molecule has 0 aliphatic heterocycles. The molecule has 0 bridgehead atoms. The zero-order chi connectivity index (χ0) is 18.5. The highest BCUT2D eigenvalue weighted by molar-refractivity contribution is 7.34. The van der Waals surface area contributed by atoms with Gasteiger partial charge in [-0.15, -0.1) is 0 Å². The Hall–Kier alpha value is -1.05. The molecule has 0 heterocycles. The lowest BCUT2D eigenvalue weighted by molar-refractivity contribution is 0.562. The molecule has 0 aliphatic rings. The normalized spacial score (nSPS) is 11.6. The number of unbranched alkanes of at least 4 members (excludes halogenated alkanes) is 9. The molecule has 0 aromatic heterocycles. The van der Waals surface area contributed by atoms with Gasteiger partial charge in [0, 0.05) is 0 Å². The molecule has 0 saturated heterocycles. The minimum Gasteiger partial charge on any atom is -0.155 e. The second-order valence-electron chi connectivity index (χ2n) is 7.47. The number of rotatable bonds is 13. The Labute approximate surface area is 166 Å². The van der Waals surface area contributed by atoms with E-state index < -0.39 is 7.38 Å². The van der Waals surface area contributed by atoms with E-state index in [0.717, 1.165) is 6.04 Å². The van der Waals surface area contributed by atoms with Gasteiger partial charge in [-0.3, -0.25) is 0 Å². The van der Waals surface area contributed by atoms with Gasteiger partial charge in [0.2, 0.25) is 7.38 Å². The average molecular weight is 387 g/mol. The lowest BCUT2D eigenvalue weighted by Gasteiger charge is -2.25. The molecule has 0 fully saturated rings. The van der Waals surface area contributed by atoms with Gasteiger partial charge in [0.25, 0.3) is 0 Å². The van der Waals surface area contributed by atoms with Crippen molar-refractivity contribution in [3.05, 3.63) is 60.7 Å². The van der Waals surface area contributed by atoms with Crippen molar-refractivity contribution in [3.63, 3.8) is 0 Å². The Morgan fingerprint density at radius 2 is 0.962 bits per heavy atom. The van der Waals surface area contributed by atoms with Gasteiger partial charge in [-0.1, -0.05) is 132 Å². The Balaban J connectivity index is 1.78. The maximum absolute atomic E-state index is 7.34. The van der Waals surface area contributed by atoms with E-state index in [2.05, 4.69) is 67.6 Å². The van der Waals surface area contributed by atoms with Crippen LogP contribution in [0.3, 0.4) is 0 Å². The summed E-state index contributed by atoms with van der Waals surface area (Å²) in [5.41, 5.74) is 0. The van der Waals surface area contributed by atoms with Crippen LogP contribution in [-0.4, -0.2) is 7.38 Å². The highest BCUT2D eigenvalue weighted by Gasteiger charge is 2.34. The molecule has 0 spiro atoms. The zero-order valence-corrected chi connectivity index (χ0v) is 18.2. The second kappa shape index (κ2) is 12.4. The van der Waals surface area contributed by atoms with Crippen molar-refractivity contribution in [2.45, 2.75) is 77.2 Å². The van der Waals surface area contributed by atoms with E-state index in [1.807, 2.05) is 0 Å². The molecule has 0 atom stereocenters. The molecule has 0 unspecified atom stereocenters. The lowest BCUT2D eigenvalue weighted by Crippen LogP contribution is -2.53. The Morgan fingerprint density at radius 3 is 1.38 bits per heavy atom. The number of benzene rings is 2. The summed E-state index contributed by atoms with van der Waals surface area (Å²) in [6, 6.07) is 22.7. The standard InChI is InChI=1S/C24H35ClSi/c1-2-3-4-5-6-7-8-9-10-17-22-26(25,23-18-13-11-14-19-23)24-20-15-12-16-21-24/h11-16,18-21H,2-10,17,22H2,1H3. The van der Waals surface area contributed by atoms with E-state index in [9.17, 15) is 0 Å². The van der Waals surface area contributed by atoms with Crippen molar-refractivity contribution in [2.24, 2.45) is 0 Å². The molecule has 0 amide bonds. The maximum Gasteiger partial charge on any atom is 0.217 e. The van der Waals surface area contributed by atoms with Gasteiger partial charge in [-0.25, -0.2) is 0 Å². The first kappa shape index (κ1) is 21.2. The molecule has 0 aliphatic carbocycles. The summed E-state index contributed by atoms with van der Waals surface area (Å²) in [6.07, 6.45) is 13.7. The number of hydrogen-bond donors (Lipinski definition) is 0. The van der Waals surface area contributed by atoms with Crippen molar-refractivity contribution in [1.29, 1.82) is 0 Å². The van der Waals surface area contributed by atoms with Gasteiger partial charge >= 0.3 is 0 Å². The minimum atomic E-state index is -2.12. The van der Waals surface area contributed by atoms with Crippen LogP contribution >= 0.6 is 11.1 Å². The van der Waals surface area contributed by atoms with Crippen molar-refractivity contribution in [1.82, 2.24) is 0 Å². The van der Waals surface area contributed by atoms with Gasteiger partial charge in [0.15, 0.2) is 0 Å². The first-order chi connectivity index (χ1) is 12.8. The fourth-order valence-electron chi connectivity index (χ4n) is 3.72. The van der Waals surface area contributed by atoms with Crippen molar-refractivity contribution in [2.75, 3.05) is 0 Å². The predicted octanol–water partition coefficient (Wildman–Crippen LogP) is 6.91. The molecule has 2 rings (SSSR count). The van der Waals surface area contributed by atoms with E-state index in [0.29, 0.717) is 0 Å². The number of hydrogen-bond acceptors (Lipinski definition) is 0. The summed E-state index contributed by atoms with van der Waals surface area (Å²) in [5, 5.41) is 2.70. The van der Waals surface area contributed by atoms with E-state index in [-0.39, 0.29) is 0 Å². The molecule has 142 valence electrons. The van der Waals surface area contributed by atoms with Crippen LogP contribution < -0.4 is 10.4 Å². The zero-order valence-electron chi connectivity index (χ0n) is 16.4. The molecule has 0 saturated carbocycles. The second-order valence-corrected chi connectivity index (χ2v) is 12.7. The highest BCUT2D eigenvalue weighted by atomic mass is 35.6. The summed E-state index contributed by atoms with van der Waals surface area (Å²) >= 11 is 7.34. The van der Waals surface area contributed by atoms with Crippen LogP contribution in [0.25, 0.3) is 0 Å². The van der Waals surface area contributed by atoms with Crippen molar-refractivity contribution < 1.29 is 0 Å². The van der Waals surface area contributed by atoms with Gasteiger partial charge in [-0.05, 0) is 16.4 Å². The van der Waals surface area contributed by atoms with Crippen LogP contribution in [0.15, 0.2) is 60.7 Å². The van der Waals surface area contributed by atoms with Crippen LogP contribution in [0.2, 0.25) is 6.04 Å². The van der Waals surface area contributed by atoms with Gasteiger partial charge in [-0.2, -0.15) is 11.1 Å². The highest BCUT2D eigenvalue weighted by Crippen LogP contribution is 2.21. The molecular weight excluding hydrogens is 352 g/mol. The Morgan fingerprint density at radius 1 is 0.577 bits per heavy atom. The molecule has 0 N–H and O–H groups in total. The third kappa shape index (κ3) is 6.93. The fourth-order valence-corrected chi connectivity index (χ4v) is 7.96. The largest absolute Gasteiger partial charge is 0.217 e. The van der Waals surface area contributed by atoms with Crippen molar-refractivity contribution >= 4 is 28.8 Å². The van der Waals surface area contributed by atoms with E-state index in [1.165, 1.54) is 74.6 Å². The van der Waals surface area contributed by atoms with Crippen LogP contribution in [0.1, 0.15) is 71.1 Å². The Bertz CT molecular complexity index is 542. The van der Waals surface area contributed by atoms with E-state index >= 15 is 0 Å². The fraction of sp³-hybridized carbons (Fsp3) is 0.500. The monoisotopic (exact) mass is 386 g/mol. The summed E-state index contributed by atoms with van der Waals surface area (Å²) < 4.78 is 0. The molecule has 2 heteroatoms. The van der Waals surface area contributed by atoms with E-state index in [4.69, 9.17) is 11.1 Å². The SMILES string of the molecule is CCCCCCCCCCCC[Si](Cl)(c1ccccc1)c1ccccc1. The predicted molar refractivity (Wildman–Crippen MR) is 120 cm³/mol. The smallest absolute Gasteiger partial charge is 0.155 e. The van der Waals surface area contributed by atoms with Gasteiger partial charge in [0.05, 0.1) is 0 Å². The average Bonchev–Trinajstić information content (AvgIpc) is 2.70. The minimum absolute atomic E-state index is 1.14. The lowest BCUT2D eigenvalue weighted by atomic mass is 10.1. The quantitative estimate of drug-likeness (QED) is 0.199. The van der Waals surface area contributed by atoms with Crippen molar-refractivity contribution in [3.8, 4) is 0 Å². The summed E-state index contributed by atoms with van der Waals surface area (Å²) in [7, 11) is -2.12. The number of halogens is 1. The summed E-state index contributed by atoms with van der Waals surface area (Å²) in [5.74, 6) is 0. The first-order valence-electron chi connectivity index (χ1n) is 10.6. The van der Waals surface area contributed by atoms with E-state index in [1.54, 1.807) is 0 Å². The van der Waals surface area contributed by atoms with Gasteiger partial charge in [0.1, 0.15) is 0 Å². The molecular formula is C24H35ClSi. The van der Waals surface area contributed by atoms with Gasteiger partial charge < -0.3 is 0 Å². The topological polar surface area (TPSA) is 0 Å². The molecule has 2 aromatic rings. The molecule has 2 aromatic carbocycles. The first-order valence-corrected chi connectivity index (χ1v) is 13.8. The van der Waals surface area contributed by atoms with Crippen LogP contribution in [0.5, 0.6) is 0 Å². The maximum atomic E-state index is 7.34. The summed E-state index contributed by atoms with van der Waals surface area (Å²) in [6.45, 7) is 2.28. The Kier molecular flexibility index (Phi) is 10.1. The molecule has 0 nitrogen and oxygen atoms in total. The molecule has 26 heavy (non-hydrogen) atoms. The third-order valence-electron chi connectivity index (χ3n) is 5.34. The third-order valence-corrected chi connectivity index (χ3v) is 10.8. The summed E-state index contributed by atoms with van der Waals surface area (Å²) in [4.78, 5) is 0. The van der Waals surface area contributed by atoms with Crippen LogP contribution in [0.4, 0.5) is 0 Å². The van der Waals surface area contributed by atoms with Crippen LogP contribution in [0, 0.1) is 0 Å². The van der Waals surface area contributed by atoms with Crippen LogP contribution in [-0.2, 0) is 0 Å². The molecule has 0 radical (unpaired) electrons.